The van der Waals surface area contributed by atoms with Gasteiger partial charge in [-0.15, -0.1) is 0 Å². The van der Waals surface area contributed by atoms with Gasteiger partial charge in [-0.3, -0.25) is 4.79 Å². The van der Waals surface area contributed by atoms with E-state index in [1.54, 1.807) is 24.3 Å². The van der Waals surface area contributed by atoms with Crippen LogP contribution in [0.2, 0.25) is 0 Å². The maximum absolute atomic E-state index is 11.6. The molecule has 0 atom stereocenters. The average molecular weight is 270 g/mol. The van der Waals surface area contributed by atoms with Crippen LogP contribution in [-0.4, -0.2) is 25.8 Å². The lowest BCUT2D eigenvalue weighted by molar-refractivity contribution is -0.113. The Labute approximate surface area is 107 Å². The smallest absolute Gasteiger partial charge is 0.239 e. The third-order valence-electron chi connectivity index (χ3n) is 2.35. The Morgan fingerprint density at radius 3 is 2.44 bits per heavy atom. The lowest BCUT2D eigenvalue weighted by atomic mass is 10.3. The van der Waals surface area contributed by atoms with E-state index < -0.39 is 21.5 Å². The molecular formula is C12H18N2O3S. The fourth-order valence-corrected chi connectivity index (χ4v) is 2.74. The Balaban J connectivity index is 2.54. The summed E-state index contributed by atoms with van der Waals surface area (Å²) in [6.45, 7) is 1.91. The van der Waals surface area contributed by atoms with Crippen LogP contribution in [0.3, 0.4) is 0 Å². The number of rotatable bonds is 6. The van der Waals surface area contributed by atoms with Crippen molar-refractivity contribution < 1.29 is 13.2 Å². The van der Waals surface area contributed by atoms with Crippen molar-refractivity contribution in [3.63, 3.8) is 0 Å². The van der Waals surface area contributed by atoms with Crippen LogP contribution < -0.4 is 11.1 Å². The van der Waals surface area contributed by atoms with Crippen LogP contribution in [0.15, 0.2) is 24.3 Å². The summed E-state index contributed by atoms with van der Waals surface area (Å²) >= 11 is 0. The molecule has 0 bridgehead atoms. The Morgan fingerprint density at radius 1 is 1.28 bits per heavy atom. The highest BCUT2D eigenvalue weighted by molar-refractivity contribution is 7.92. The number of nitrogens with one attached hydrogen (secondary N) is 1. The first-order valence-electron chi connectivity index (χ1n) is 5.79. The Bertz CT molecular complexity index is 495. The maximum Gasteiger partial charge on any atom is 0.239 e. The largest absolute Gasteiger partial charge is 0.399 e. The molecule has 0 radical (unpaired) electrons. The van der Waals surface area contributed by atoms with Crippen molar-refractivity contribution in [1.82, 2.24) is 0 Å². The van der Waals surface area contributed by atoms with Crippen molar-refractivity contribution in [2.45, 2.75) is 19.8 Å². The standard InChI is InChI=1S/C12H18N2O3S/c1-2-3-8-18(16,17)9-12(15)14-11-6-4-10(13)5-7-11/h4-7H,2-3,8-9,13H2,1H3,(H,14,15). The van der Waals surface area contributed by atoms with Crippen LogP contribution in [-0.2, 0) is 14.6 Å². The number of carbonyl (C=O) groups excluding carboxylic acids is 1. The van der Waals surface area contributed by atoms with Crippen molar-refractivity contribution in [1.29, 1.82) is 0 Å². The minimum Gasteiger partial charge on any atom is -0.399 e. The summed E-state index contributed by atoms with van der Waals surface area (Å²) in [7, 11) is -3.31. The quantitative estimate of drug-likeness (QED) is 0.765. The third kappa shape index (κ3) is 5.18. The molecule has 1 rings (SSSR count). The van der Waals surface area contributed by atoms with Crippen molar-refractivity contribution in [3.05, 3.63) is 24.3 Å². The van der Waals surface area contributed by atoms with Crippen LogP contribution in [0.1, 0.15) is 19.8 Å². The van der Waals surface area contributed by atoms with Gasteiger partial charge < -0.3 is 11.1 Å². The van der Waals surface area contributed by atoms with Crippen molar-refractivity contribution in [2.75, 3.05) is 22.6 Å². The molecule has 0 saturated heterocycles. The fourth-order valence-electron chi connectivity index (χ4n) is 1.40. The van der Waals surface area contributed by atoms with Gasteiger partial charge in [0.1, 0.15) is 5.75 Å². The summed E-state index contributed by atoms with van der Waals surface area (Å²) in [4.78, 5) is 11.6. The van der Waals surface area contributed by atoms with E-state index in [0.29, 0.717) is 17.8 Å². The summed E-state index contributed by atoms with van der Waals surface area (Å²) in [5, 5.41) is 2.53. The van der Waals surface area contributed by atoms with Gasteiger partial charge in [0, 0.05) is 11.4 Å². The number of amides is 1. The number of anilines is 2. The number of sulfone groups is 1. The van der Waals surface area contributed by atoms with E-state index in [9.17, 15) is 13.2 Å². The Hall–Kier alpha value is -1.56. The summed E-state index contributed by atoms with van der Waals surface area (Å²) in [5.74, 6) is -0.938. The first kappa shape index (κ1) is 14.5. The van der Waals surface area contributed by atoms with E-state index in [0.717, 1.165) is 6.42 Å². The predicted octanol–water partition coefficient (Wildman–Crippen LogP) is 1.42. The molecular weight excluding hydrogens is 252 g/mol. The van der Waals surface area contributed by atoms with Gasteiger partial charge in [0.15, 0.2) is 9.84 Å². The third-order valence-corrected chi connectivity index (χ3v) is 3.97. The van der Waals surface area contributed by atoms with Gasteiger partial charge in [-0.05, 0) is 30.7 Å². The number of hydrogen-bond donors (Lipinski definition) is 2. The van der Waals surface area contributed by atoms with Gasteiger partial charge in [-0.25, -0.2) is 8.42 Å². The topological polar surface area (TPSA) is 89.3 Å². The fraction of sp³-hybridized carbons (Fsp3) is 0.417. The number of hydrogen-bond acceptors (Lipinski definition) is 4. The lowest BCUT2D eigenvalue weighted by Gasteiger charge is -2.06. The SMILES string of the molecule is CCCCS(=O)(=O)CC(=O)Nc1ccc(N)cc1. The van der Waals surface area contributed by atoms with Crippen molar-refractivity contribution >= 4 is 27.1 Å². The summed E-state index contributed by atoms with van der Waals surface area (Å²) < 4.78 is 23.1. The van der Waals surface area contributed by atoms with E-state index in [4.69, 9.17) is 5.73 Å². The molecule has 0 aromatic heterocycles. The highest BCUT2D eigenvalue weighted by atomic mass is 32.2. The molecule has 1 aromatic rings. The van der Waals surface area contributed by atoms with E-state index in [2.05, 4.69) is 5.32 Å². The maximum atomic E-state index is 11.6. The molecule has 0 aliphatic carbocycles. The molecule has 0 aliphatic heterocycles. The zero-order valence-corrected chi connectivity index (χ0v) is 11.2. The summed E-state index contributed by atoms with van der Waals surface area (Å²) in [6, 6.07) is 6.54. The molecule has 3 N–H and O–H groups in total. The second-order valence-electron chi connectivity index (χ2n) is 4.12. The minimum atomic E-state index is -3.31. The highest BCUT2D eigenvalue weighted by Gasteiger charge is 2.15. The van der Waals surface area contributed by atoms with E-state index in [1.807, 2.05) is 6.92 Å². The molecule has 0 heterocycles. The molecule has 6 heteroatoms. The molecule has 18 heavy (non-hydrogen) atoms. The minimum absolute atomic E-state index is 0.0542. The first-order chi connectivity index (χ1) is 8.43. The van der Waals surface area contributed by atoms with Crippen LogP contribution in [0.5, 0.6) is 0 Å². The Kier molecular flexibility index (Phi) is 5.15. The molecule has 5 nitrogen and oxygen atoms in total. The van der Waals surface area contributed by atoms with Crippen LogP contribution >= 0.6 is 0 Å². The van der Waals surface area contributed by atoms with E-state index >= 15 is 0 Å². The normalized spacial score (nSPS) is 11.2. The van der Waals surface area contributed by atoms with Crippen LogP contribution in [0.4, 0.5) is 11.4 Å². The molecule has 100 valence electrons. The van der Waals surface area contributed by atoms with E-state index in [1.165, 1.54) is 0 Å². The first-order valence-corrected chi connectivity index (χ1v) is 7.61. The summed E-state index contributed by atoms with van der Waals surface area (Å²) in [6.07, 6.45) is 1.37. The molecule has 1 aromatic carbocycles. The molecule has 1 amide bonds. The van der Waals surface area contributed by atoms with Gasteiger partial charge in [-0.1, -0.05) is 13.3 Å². The van der Waals surface area contributed by atoms with Gasteiger partial charge in [0.2, 0.25) is 5.91 Å². The van der Waals surface area contributed by atoms with Gasteiger partial charge in [0.05, 0.1) is 5.75 Å². The predicted molar refractivity (Wildman–Crippen MR) is 73.0 cm³/mol. The number of nitrogen functional groups attached to an aromatic ring is 1. The number of carbonyl (C=O) groups is 1. The van der Waals surface area contributed by atoms with Crippen molar-refractivity contribution in [3.8, 4) is 0 Å². The van der Waals surface area contributed by atoms with Crippen molar-refractivity contribution in [2.24, 2.45) is 0 Å². The number of benzene rings is 1. The number of unbranched alkanes of at least 4 members (excludes halogenated alkanes) is 1. The number of nitrogens with two attached hydrogens (primary N) is 1. The molecule has 0 spiro atoms. The summed E-state index contributed by atoms with van der Waals surface area (Å²) in [5.41, 5.74) is 6.63. The van der Waals surface area contributed by atoms with Crippen LogP contribution in [0.25, 0.3) is 0 Å². The molecule has 0 unspecified atom stereocenters. The van der Waals surface area contributed by atoms with Crippen LogP contribution in [0, 0.1) is 0 Å². The zero-order chi connectivity index (χ0) is 13.6. The highest BCUT2D eigenvalue weighted by Crippen LogP contribution is 2.10. The monoisotopic (exact) mass is 270 g/mol. The second kappa shape index (κ2) is 6.39. The van der Waals surface area contributed by atoms with Gasteiger partial charge in [0.25, 0.3) is 0 Å². The van der Waals surface area contributed by atoms with Gasteiger partial charge >= 0.3 is 0 Å². The lowest BCUT2D eigenvalue weighted by Crippen LogP contribution is -2.24. The second-order valence-corrected chi connectivity index (χ2v) is 6.30. The zero-order valence-electron chi connectivity index (χ0n) is 10.3. The molecule has 0 aliphatic rings. The molecule has 0 fully saturated rings. The van der Waals surface area contributed by atoms with Gasteiger partial charge in [-0.2, -0.15) is 0 Å². The van der Waals surface area contributed by atoms with E-state index in [-0.39, 0.29) is 5.75 Å². The average Bonchev–Trinajstić information content (AvgIpc) is 2.29. The molecule has 0 saturated carbocycles. The Morgan fingerprint density at radius 2 is 1.89 bits per heavy atom.